The van der Waals surface area contributed by atoms with Crippen molar-refractivity contribution in [3.8, 4) is 0 Å². The Labute approximate surface area is 131 Å². The normalized spacial score (nSPS) is 11.8. The Morgan fingerprint density at radius 2 is 2.09 bits per heavy atom. The van der Waals surface area contributed by atoms with Gasteiger partial charge in [0, 0.05) is 13.5 Å². The van der Waals surface area contributed by atoms with Gasteiger partial charge in [-0.2, -0.15) is 0 Å². The van der Waals surface area contributed by atoms with Gasteiger partial charge in [0.05, 0.1) is 24.8 Å². The van der Waals surface area contributed by atoms with E-state index in [1.807, 2.05) is 0 Å². The number of carbonyl (C=O) groups is 1. The Morgan fingerprint density at radius 1 is 1.41 bits per heavy atom. The largest absolute Gasteiger partial charge is 0.462 e. The summed E-state index contributed by atoms with van der Waals surface area (Å²) in [4.78, 5) is 12.0. The van der Waals surface area contributed by atoms with Gasteiger partial charge < -0.3 is 26.7 Å². The molecule has 0 fully saturated rings. The third-order valence-electron chi connectivity index (χ3n) is 2.99. The van der Waals surface area contributed by atoms with Crippen LogP contribution >= 0.6 is 9.24 Å². The molecule has 122 valence electrons. The Morgan fingerprint density at radius 3 is 2.64 bits per heavy atom. The van der Waals surface area contributed by atoms with Crippen LogP contribution in [0.5, 0.6) is 0 Å². The number of nitrogens with two attached hydrogens (primary N) is 3. The van der Waals surface area contributed by atoms with E-state index in [9.17, 15) is 9.18 Å². The number of ether oxygens (including phenoxy) is 2. The molecule has 0 spiro atoms. The first kappa shape index (κ1) is 18.4. The summed E-state index contributed by atoms with van der Waals surface area (Å²) in [5.74, 6) is -1.30. The lowest BCUT2D eigenvalue weighted by molar-refractivity contribution is -0.139. The zero-order valence-corrected chi connectivity index (χ0v) is 13.5. The molecule has 0 amide bonds. The highest BCUT2D eigenvalue weighted by atomic mass is 31.0. The molecule has 0 saturated heterocycles. The van der Waals surface area contributed by atoms with Gasteiger partial charge in [0.25, 0.3) is 0 Å². The molecule has 6 nitrogen and oxygen atoms in total. The molecular weight excluding hydrogens is 308 g/mol. The van der Waals surface area contributed by atoms with Crippen LogP contribution in [0.4, 0.5) is 4.39 Å². The second kappa shape index (κ2) is 8.68. The van der Waals surface area contributed by atoms with Gasteiger partial charge in [-0.15, -0.1) is 9.24 Å². The van der Waals surface area contributed by atoms with Gasteiger partial charge in [0.15, 0.2) is 0 Å². The van der Waals surface area contributed by atoms with Gasteiger partial charge in [-0.25, -0.2) is 9.18 Å². The first-order valence-corrected chi connectivity index (χ1v) is 7.15. The van der Waals surface area contributed by atoms with Gasteiger partial charge in [0.1, 0.15) is 11.6 Å². The average molecular weight is 329 g/mol. The van der Waals surface area contributed by atoms with Crippen molar-refractivity contribution in [2.24, 2.45) is 17.2 Å². The van der Waals surface area contributed by atoms with E-state index in [1.54, 1.807) is 12.1 Å². The minimum Gasteiger partial charge on any atom is -0.462 e. The summed E-state index contributed by atoms with van der Waals surface area (Å²) in [7, 11) is 3.87. The van der Waals surface area contributed by atoms with Crippen LogP contribution in [0.1, 0.15) is 5.56 Å². The molecule has 8 heteroatoms. The standard InChI is InChI=1S/C14H21FN3O3P/c1-20-7-10(16)12(13(17)18)14(19)21-6-5-8-9(15)3-2-4-11(8)22/h2-4,10H,5-7,16-18,22H2,1H3. The quantitative estimate of drug-likeness (QED) is 0.353. The molecule has 0 saturated carbocycles. The second-order valence-electron chi connectivity index (χ2n) is 4.62. The fourth-order valence-electron chi connectivity index (χ4n) is 1.91. The van der Waals surface area contributed by atoms with Gasteiger partial charge >= 0.3 is 5.97 Å². The van der Waals surface area contributed by atoms with Crippen LogP contribution in [0.25, 0.3) is 0 Å². The Bertz CT molecular complexity index is 542. The number of hydrogen-bond donors (Lipinski definition) is 3. The first-order valence-electron chi connectivity index (χ1n) is 6.58. The minimum atomic E-state index is -0.784. The third kappa shape index (κ3) is 4.94. The molecule has 1 aromatic carbocycles. The zero-order chi connectivity index (χ0) is 16.7. The molecule has 22 heavy (non-hydrogen) atoms. The van der Waals surface area contributed by atoms with E-state index in [0.717, 1.165) is 0 Å². The van der Waals surface area contributed by atoms with E-state index in [-0.39, 0.29) is 36.8 Å². The van der Waals surface area contributed by atoms with Crippen LogP contribution in [0.3, 0.4) is 0 Å². The van der Waals surface area contributed by atoms with Gasteiger partial charge in [-0.1, -0.05) is 12.1 Å². The maximum absolute atomic E-state index is 13.7. The van der Waals surface area contributed by atoms with Crippen molar-refractivity contribution in [3.63, 3.8) is 0 Å². The van der Waals surface area contributed by atoms with Crippen LogP contribution < -0.4 is 22.5 Å². The summed E-state index contributed by atoms with van der Waals surface area (Å²) < 4.78 is 23.6. The van der Waals surface area contributed by atoms with Gasteiger partial charge in [0.2, 0.25) is 0 Å². The molecule has 6 N–H and O–H groups in total. The highest BCUT2D eigenvalue weighted by Crippen LogP contribution is 2.10. The van der Waals surface area contributed by atoms with Crippen LogP contribution in [0, 0.1) is 5.82 Å². The summed E-state index contributed by atoms with van der Waals surface area (Å²) in [6.45, 7) is 0.0586. The molecule has 0 aromatic heterocycles. The predicted octanol–water partition coefficient (Wildman–Crippen LogP) is -0.485. The fraction of sp³-hybridized carbons (Fsp3) is 0.357. The van der Waals surface area contributed by atoms with Crippen LogP contribution in [0.15, 0.2) is 29.6 Å². The Hall–Kier alpha value is -1.69. The highest BCUT2D eigenvalue weighted by Gasteiger charge is 2.22. The maximum atomic E-state index is 13.7. The molecule has 1 rings (SSSR count). The average Bonchev–Trinajstić information content (AvgIpc) is 2.42. The molecule has 0 heterocycles. The highest BCUT2D eigenvalue weighted by molar-refractivity contribution is 7.27. The summed E-state index contributed by atoms with van der Waals surface area (Å²) in [5.41, 5.74) is 17.1. The van der Waals surface area contributed by atoms with Crippen molar-refractivity contribution in [3.05, 3.63) is 41.0 Å². The van der Waals surface area contributed by atoms with Crippen molar-refractivity contribution in [1.29, 1.82) is 0 Å². The van der Waals surface area contributed by atoms with Crippen LogP contribution in [-0.4, -0.2) is 32.3 Å². The number of halogens is 1. The summed E-state index contributed by atoms with van der Waals surface area (Å²) in [5, 5.41) is 0.709. The van der Waals surface area contributed by atoms with E-state index < -0.39 is 12.0 Å². The number of methoxy groups -OCH3 is 1. The fourth-order valence-corrected chi connectivity index (χ4v) is 2.30. The van der Waals surface area contributed by atoms with Gasteiger partial charge in [-0.3, -0.25) is 0 Å². The van der Waals surface area contributed by atoms with E-state index >= 15 is 0 Å². The third-order valence-corrected chi connectivity index (χ3v) is 3.53. The lowest BCUT2D eigenvalue weighted by atomic mass is 10.1. The molecule has 0 aliphatic carbocycles. The van der Waals surface area contributed by atoms with Crippen molar-refractivity contribution in [2.75, 3.05) is 20.3 Å². The van der Waals surface area contributed by atoms with E-state index in [1.165, 1.54) is 13.2 Å². The molecule has 0 bridgehead atoms. The number of carbonyl (C=O) groups excluding carboxylic acids is 1. The minimum absolute atomic E-state index is 0.0162. The predicted molar refractivity (Wildman–Crippen MR) is 85.7 cm³/mol. The molecule has 1 aromatic rings. The molecule has 0 radical (unpaired) electrons. The lowest BCUT2D eigenvalue weighted by Gasteiger charge is -2.16. The first-order chi connectivity index (χ1) is 10.4. The molecule has 2 unspecified atom stereocenters. The summed E-state index contributed by atoms with van der Waals surface area (Å²) >= 11 is 0. The van der Waals surface area contributed by atoms with E-state index in [4.69, 9.17) is 26.7 Å². The van der Waals surface area contributed by atoms with Crippen molar-refractivity contribution in [1.82, 2.24) is 0 Å². The van der Waals surface area contributed by atoms with Gasteiger partial charge in [-0.05, 0) is 16.9 Å². The van der Waals surface area contributed by atoms with E-state index in [2.05, 4.69) is 9.24 Å². The Kier molecular flexibility index (Phi) is 7.24. The van der Waals surface area contributed by atoms with Crippen LogP contribution in [-0.2, 0) is 20.7 Å². The van der Waals surface area contributed by atoms with E-state index in [0.29, 0.717) is 10.9 Å². The number of benzene rings is 1. The molecule has 2 atom stereocenters. The second-order valence-corrected chi connectivity index (χ2v) is 5.25. The molecule has 0 aliphatic rings. The monoisotopic (exact) mass is 329 g/mol. The summed E-state index contributed by atoms with van der Waals surface area (Å²) in [6.07, 6.45) is 0.231. The topological polar surface area (TPSA) is 114 Å². The van der Waals surface area contributed by atoms with Crippen LogP contribution in [0.2, 0.25) is 0 Å². The summed E-state index contributed by atoms with van der Waals surface area (Å²) in [6, 6.07) is 3.92. The zero-order valence-electron chi connectivity index (χ0n) is 12.3. The van der Waals surface area contributed by atoms with Crippen molar-refractivity contribution < 1.29 is 18.7 Å². The maximum Gasteiger partial charge on any atom is 0.339 e. The smallest absolute Gasteiger partial charge is 0.339 e. The Balaban J connectivity index is 2.67. The molecular formula is C14H21FN3O3P. The number of hydrogen-bond acceptors (Lipinski definition) is 6. The van der Waals surface area contributed by atoms with Crippen molar-refractivity contribution >= 4 is 20.5 Å². The number of esters is 1. The molecule has 0 aliphatic heterocycles. The number of rotatable bonds is 7. The SMILES string of the molecule is COCC(N)C(C(=O)OCCc1c(F)cccc1P)=C(N)N. The lowest BCUT2D eigenvalue weighted by Crippen LogP contribution is -2.37. The van der Waals surface area contributed by atoms with Crippen molar-refractivity contribution in [2.45, 2.75) is 12.5 Å².